The quantitative estimate of drug-likeness (QED) is 0.0400. The van der Waals surface area contributed by atoms with Gasteiger partial charge in [-0.15, -0.1) is 11.8 Å². The van der Waals surface area contributed by atoms with Crippen LogP contribution in [0.5, 0.6) is 5.75 Å². The molecule has 9 atom stereocenters. The number of carbonyl (C=O) groups excluding carboxylic acids is 6. The maximum absolute atomic E-state index is 14.3. The minimum Gasteiger partial charge on any atom is -0.495 e. The lowest BCUT2D eigenvalue weighted by Gasteiger charge is -2.42. The van der Waals surface area contributed by atoms with E-state index >= 15 is 0 Å². The van der Waals surface area contributed by atoms with E-state index in [0.29, 0.717) is 43.0 Å². The first-order chi connectivity index (χ1) is 31.3. The highest BCUT2D eigenvalue weighted by Gasteiger charge is 2.64. The number of benzene rings is 1. The number of likely N-dealkylation sites (tertiary alicyclic amines) is 1. The maximum atomic E-state index is 14.3. The van der Waals surface area contributed by atoms with Crippen molar-refractivity contribution in [3.05, 3.63) is 46.5 Å². The summed E-state index contributed by atoms with van der Waals surface area (Å²) in [6.45, 7) is 7.33. The Morgan fingerprint density at radius 3 is 2.53 bits per heavy atom. The number of allylic oxidation sites excluding steroid dienone is 3. The number of thioether (sulfide) groups is 1. The highest BCUT2D eigenvalue weighted by Crippen LogP contribution is 2.49. The van der Waals surface area contributed by atoms with Crippen LogP contribution in [0.2, 0.25) is 5.02 Å². The zero-order valence-electron chi connectivity index (χ0n) is 38.3. The molecule has 0 radical (unpaired) electrons. The van der Waals surface area contributed by atoms with Crippen molar-refractivity contribution < 1.29 is 62.3 Å². The molecule has 1 saturated carbocycles. The van der Waals surface area contributed by atoms with E-state index in [4.69, 9.17) is 40.0 Å². The molecule has 5 aliphatic rings. The number of hydrogen-bond acceptors (Lipinski definition) is 15. The highest BCUT2D eigenvalue weighted by atomic mass is 127. The summed E-state index contributed by atoms with van der Waals surface area (Å²) in [5, 5.41) is 14.0. The number of methoxy groups -OCH3 is 2. The molecular weight excluding hydrogens is 1010 g/mol. The van der Waals surface area contributed by atoms with Crippen molar-refractivity contribution in [2.24, 2.45) is 17.8 Å². The van der Waals surface area contributed by atoms with Crippen LogP contribution in [0, 0.1) is 17.8 Å². The second kappa shape index (κ2) is 22.3. The number of aliphatic hydroxyl groups is 1. The number of halogens is 2. The minimum atomic E-state index is -1.85. The number of hydrogen-bond donors (Lipinski definition) is 4. The average molecular weight is 1070 g/mol. The predicted molar refractivity (Wildman–Crippen MR) is 252 cm³/mol. The van der Waals surface area contributed by atoms with Crippen molar-refractivity contribution in [2.75, 3.05) is 45.1 Å². The van der Waals surface area contributed by atoms with Gasteiger partial charge in [0.05, 0.1) is 37.2 Å². The van der Waals surface area contributed by atoms with Gasteiger partial charge in [0.25, 0.3) is 0 Å². The third-order valence-corrected chi connectivity index (χ3v) is 15.2. The van der Waals surface area contributed by atoms with Crippen LogP contribution in [-0.4, -0.2) is 133 Å². The van der Waals surface area contributed by atoms with Crippen LogP contribution in [0.3, 0.4) is 0 Å². The van der Waals surface area contributed by atoms with E-state index in [-0.39, 0.29) is 60.4 Å². The molecule has 21 heteroatoms. The summed E-state index contributed by atoms with van der Waals surface area (Å²) in [6, 6.07) is 3.57. The van der Waals surface area contributed by atoms with Crippen molar-refractivity contribution in [3.8, 4) is 5.75 Å². The number of fused-ring (bicyclic) bond motifs is 5. The van der Waals surface area contributed by atoms with Gasteiger partial charge in [0.1, 0.15) is 34.7 Å². The van der Waals surface area contributed by atoms with Crippen molar-refractivity contribution in [1.29, 1.82) is 0 Å². The molecule has 66 heavy (non-hydrogen) atoms. The molecule has 4 N–H and O–H groups in total. The van der Waals surface area contributed by atoms with E-state index in [2.05, 4.69) is 14.4 Å². The number of nitrogens with one attached hydrogen (secondary N) is 3. The number of imide groups is 1. The van der Waals surface area contributed by atoms with Gasteiger partial charge in [-0.05, 0) is 76.5 Å². The van der Waals surface area contributed by atoms with Crippen LogP contribution in [0.4, 0.5) is 10.5 Å². The van der Waals surface area contributed by atoms with Crippen molar-refractivity contribution >= 4 is 87.6 Å². The standard InChI is InChI=1S/C45H61ClIN5O13S/c1-24-9-8-10-34(61-7)45(59)22-32(63-43(58)48-45)25(2)39-44(4,65-39)35(21-36(53)51(5)30-18-28(17-24)19-31(60-6)38(30)46)64-42(57)26(3)62-15-16-66-33-20-37(54)52(41(33)56)23-27-11-13-29(14-12-27)40(55)49-50-47/h8-10,18-19,25-27,29,32-35,39,50,59H,11-17,20-23H2,1-7H3,(H,48,58)(H,49,55)/b10-8+,24-9+/t25-,26+,27?,29?,32+,33?,34-,35+,39+,44+,45+/m1/s1. The normalized spacial score (nSPS) is 33.5. The van der Waals surface area contributed by atoms with E-state index in [0.717, 1.165) is 24.0 Å². The van der Waals surface area contributed by atoms with Gasteiger partial charge in [0.15, 0.2) is 11.8 Å². The number of epoxide rings is 1. The Hall–Kier alpha value is -3.51. The number of esters is 1. The topological polar surface area (TPSA) is 224 Å². The summed E-state index contributed by atoms with van der Waals surface area (Å²) in [6.07, 6.45) is 2.58. The van der Waals surface area contributed by atoms with E-state index in [1.54, 1.807) is 45.2 Å². The Morgan fingerprint density at radius 1 is 1.12 bits per heavy atom. The Bertz CT molecular complexity index is 2070. The van der Waals surface area contributed by atoms with Gasteiger partial charge in [-0.1, -0.05) is 42.3 Å². The molecule has 4 fully saturated rings. The number of nitrogens with zero attached hydrogens (tertiary/aromatic N) is 2. The third-order valence-electron chi connectivity index (χ3n) is 13.3. The van der Waals surface area contributed by atoms with Gasteiger partial charge >= 0.3 is 12.1 Å². The summed E-state index contributed by atoms with van der Waals surface area (Å²) in [5.74, 6) is -1.60. The zero-order valence-corrected chi connectivity index (χ0v) is 42.0. The Labute approximate surface area is 408 Å². The summed E-state index contributed by atoms with van der Waals surface area (Å²) in [7, 11) is 4.48. The number of anilines is 1. The molecule has 1 aromatic rings. The first kappa shape index (κ1) is 51.9. The average Bonchev–Trinajstić information content (AvgIpc) is 3.91. The van der Waals surface area contributed by atoms with Crippen LogP contribution in [0.25, 0.3) is 0 Å². The van der Waals surface area contributed by atoms with E-state index in [9.17, 15) is 33.9 Å². The fourth-order valence-corrected chi connectivity index (χ4v) is 10.9. The number of ether oxygens (including phenoxy) is 6. The zero-order chi connectivity index (χ0) is 48.1. The Balaban J connectivity index is 1.13. The number of hydrazine groups is 1. The molecule has 18 nitrogen and oxygen atoms in total. The lowest BCUT2D eigenvalue weighted by atomic mass is 9.81. The lowest BCUT2D eigenvalue weighted by molar-refractivity contribution is -0.165. The number of amides is 5. The molecule has 5 amide bonds. The molecule has 4 bridgehead atoms. The minimum absolute atomic E-state index is 0.0581. The molecule has 1 aliphatic carbocycles. The van der Waals surface area contributed by atoms with E-state index in [1.807, 2.05) is 35.9 Å². The van der Waals surface area contributed by atoms with Gasteiger partial charge in [-0.2, -0.15) is 3.64 Å². The predicted octanol–water partition coefficient (Wildman–Crippen LogP) is 4.71. The van der Waals surface area contributed by atoms with Gasteiger partial charge in [0, 0.05) is 74.0 Å². The second-order valence-electron chi connectivity index (χ2n) is 17.9. The second-order valence-corrected chi connectivity index (χ2v) is 20.2. The fraction of sp³-hybridized carbons (Fsp3) is 0.644. The molecule has 1 aromatic carbocycles. The molecule has 4 heterocycles. The lowest BCUT2D eigenvalue weighted by Crippen LogP contribution is -2.63. The Morgan fingerprint density at radius 2 is 1.85 bits per heavy atom. The molecule has 4 aliphatic heterocycles. The van der Waals surface area contributed by atoms with Crippen LogP contribution in [0.1, 0.15) is 78.2 Å². The summed E-state index contributed by atoms with van der Waals surface area (Å²) < 4.78 is 37.9. The summed E-state index contributed by atoms with van der Waals surface area (Å²) >= 11 is 9.94. The van der Waals surface area contributed by atoms with Gasteiger partial charge in [-0.3, -0.25) is 34.8 Å². The van der Waals surface area contributed by atoms with Crippen LogP contribution in [-0.2, 0) is 54.1 Å². The van der Waals surface area contributed by atoms with E-state index in [1.165, 1.54) is 42.7 Å². The molecule has 0 spiro atoms. The molecule has 6 rings (SSSR count). The first-order valence-corrected chi connectivity index (χ1v) is 24.6. The van der Waals surface area contributed by atoms with Gasteiger partial charge < -0.3 is 38.4 Å². The SMILES string of the molecule is COc1cc2cc(c1Cl)N(C)C(=O)C[C@H](OC(=O)[C@H](C)OCCSC1CC(=O)N(CC3CCC(C(=O)NNI)CC3)C1=O)[C@]1(C)O[C@H]1[C@H](C)[C@@H]1C[C@@](O)(NC(=O)O1)[C@H](OC)/C=C/C=C(\C)C2. The van der Waals surface area contributed by atoms with Crippen LogP contribution < -0.4 is 24.0 Å². The largest absolute Gasteiger partial charge is 0.495 e. The summed E-state index contributed by atoms with van der Waals surface area (Å²) in [5.41, 5.74) is 1.60. The monoisotopic (exact) mass is 1070 g/mol. The van der Waals surface area contributed by atoms with Gasteiger partial charge in [0.2, 0.25) is 23.6 Å². The molecule has 364 valence electrons. The number of alkyl carbamates (subject to hydrolysis) is 1. The molecule has 0 aromatic heterocycles. The Kier molecular flexibility index (Phi) is 17.5. The van der Waals surface area contributed by atoms with Crippen molar-refractivity contribution in [3.63, 3.8) is 0 Å². The van der Waals surface area contributed by atoms with Gasteiger partial charge in [-0.25, -0.2) is 9.59 Å². The van der Waals surface area contributed by atoms with Crippen molar-refractivity contribution in [1.82, 2.24) is 19.3 Å². The third kappa shape index (κ3) is 12.0. The summed E-state index contributed by atoms with van der Waals surface area (Å²) in [4.78, 5) is 82.2. The maximum Gasteiger partial charge on any atom is 0.409 e. The van der Waals surface area contributed by atoms with Crippen LogP contribution >= 0.6 is 46.2 Å². The number of carbonyl (C=O) groups is 6. The molecule has 3 saturated heterocycles. The smallest absolute Gasteiger partial charge is 0.409 e. The highest BCUT2D eigenvalue weighted by molar-refractivity contribution is 14.1. The fourth-order valence-electron chi connectivity index (χ4n) is 9.31. The van der Waals surface area contributed by atoms with E-state index < -0.39 is 71.0 Å². The van der Waals surface area contributed by atoms with Crippen molar-refractivity contribution in [2.45, 2.75) is 126 Å². The molecular formula is C45H61ClIN5O13S. The first-order valence-electron chi connectivity index (χ1n) is 22.1. The number of rotatable bonds is 13. The molecule has 1 unspecified atom stereocenters. The van der Waals surface area contributed by atoms with Crippen LogP contribution in [0.15, 0.2) is 35.9 Å².